The van der Waals surface area contributed by atoms with Gasteiger partial charge in [0.15, 0.2) is 0 Å². The van der Waals surface area contributed by atoms with Crippen LogP contribution >= 0.6 is 0 Å². The monoisotopic (exact) mass is 470 g/mol. The van der Waals surface area contributed by atoms with E-state index >= 15 is 0 Å². The summed E-state index contributed by atoms with van der Waals surface area (Å²) in [7, 11) is 1.64. The minimum Gasteiger partial charge on any atom is -0.496 e. The lowest BCUT2D eigenvalue weighted by atomic mass is 9.92. The molecule has 0 fully saturated rings. The molecule has 0 bridgehead atoms. The fourth-order valence-corrected chi connectivity index (χ4v) is 3.39. The number of nitrogens with one attached hydrogen (secondary N) is 1. The van der Waals surface area contributed by atoms with Crippen LogP contribution in [0.15, 0.2) is 48.5 Å². The number of carbonyl (C=O) groups excluding carboxylic acids is 2. The Bertz CT molecular complexity index is 975. The van der Waals surface area contributed by atoms with Crippen molar-refractivity contribution in [2.45, 2.75) is 66.2 Å². The zero-order valence-electron chi connectivity index (χ0n) is 21.3. The number of hydrogen-bond donors (Lipinski definition) is 2. The Kier molecular flexibility index (Phi) is 9.10. The van der Waals surface area contributed by atoms with E-state index in [2.05, 4.69) is 5.32 Å². The molecule has 34 heavy (non-hydrogen) atoms. The Morgan fingerprint density at radius 1 is 1.03 bits per heavy atom. The highest BCUT2D eigenvalue weighted by Crippen LogP contribution is 2.26. The van der Waals surface area contributed by atoms with Crippen LogP contribution in [0, 0.1) is 5.41 Å². The van der Waals surface area contributed by atoms with Crippen LogP contribution in [-0.4, -0.2) is 41.3 Å². The van der Waals surface area contributed by atoms with Crippen molar-refractivity contribution in [1.29, 1.82) is 0 Å². The quantitative estimate of drug-likeness (QED) is 0.527. The third-order valence-electron chi connectivity index (χ3n) is 5.26. The first-order valence-corrected chi connectivity index (χ1v) is 11.5. The molecular formula is C27H38N2O5. The van der Waals surface area contributed by atoms with Gasteiger partial charge in [-0.25, -0.2) is 9.69 Å². The SMILES string of the molecule is COc1ccccc1CNc1cccc(C(O)CCOC(=O)N(C(=O)C(C)(C)C)C(C)(C)C)c1. The van der Waals surface area contributed by atoms with Gasteiger partial charge in [0.1, 0.15) is 5.75 Å². The lowest BCUT2D eigenvalue weighted by Crippen LogP contribution is -2.53. The van der Waals surface area contributed by atoms with Gasteiger partial charge in [-0.1, -0.05) is 51.1 Å². The number of amides is 2. The number of para-hydroxylation sites is 1. The molecule has 0 aromatic heterocycles. The van der Waals surface area contributed by atoms with E-state index in [1.54, 1.807) is 48.7 Å². The van der Waals surface area contributed by atoms with Gasteiger partial charge < -0.3 is 19.9 Å². The normalized spacial score (nSPS) is 12.6. The zero-order chi connectivity index (χ0) is 25.5. The van der Waals surface area contributed by atoms with Crippen molar-refractivity contribution >= 4 is 17.7 Å². The van der Waals surface area contributed by atoms with Gasteiger partial charge in [-0.3, -0.25) is 4.79 Å². The molecule has 1 unspecified atom stereocenters. The molecule has 0 aliphatic heterocycles. The van der Waals surface area contributed by atoms with Crippen molar-refractivity contribution in [3.05, 3.63) is 59.7 Å². The van der Waals surface area contributed by atoms with Crippen LogP contribution < -0.4 is 10.1 Å². The topological polar surface area (TPSA) is 88.1 Å². The van der Waals surface area contributed by atoms with Gasteiger partial charge in [0.25, 0.3) is 0 Å². The number of anilines is 1. The lowest BCUT2D eigenvalue weighted by Gasteiger charge is -2.36. The second-order valence-corrected chi connectivity index (χ2v) is 10.3. The molecule has 2 amide bonds. The largest absolute Gasteiger partial charge is 0.496 e. The Balaban J connectivity index is 1.96. The molecule has 0 saturated heterocycles. The molecule has 0 aliphatic rings. The Hall–Kier alpha value is -3.06. The smallest absolute Gasteiger partial charge is 0.417 e. The first-order valence-electron chi connectivity index (χ1n) is 11.5. The molecular weight excluding hydrogens is 432 g/mol. The molecule has 0 aliphatic carbocycles. The maximum atomic E-state index is 12.8. The molecule has 0 radical (unpaired) electrons. The van der Waals surface area contributed by atoms with Crippen molar-refractivity contribution in [1.82, 2.24) is 4.90 Å². The number of ether oxygens (including phenoxy) is 2. The summed E-state index contributed by atoms with van der Waals surface area (Å²) in [6, 6.07) is 15.3. The number of aliphatic hydroxyl groups excluding tert-OH is 1. The molecule has 1 atom stereocenters. The van der Waals surface area contributed by atoms with E-state index in [0.29, 0.717) is 12.1 Å². The molecule has 186 valence electrons. The average Bonchev–Trinajstić information content (AvgIpc) is 2.76. The summed E-state index contributed by atoms with van der Waals surface area (Å²) in [5.74, 6) is 0.501. The Morgan fingerprint density at radius 2 is 1.71 bits per heavy atom. The number of benzene rings is 2. The fraction of sp³-hybridized carbons (Fsp3) is 0.481. The first kappa shape index (κ1) is 27.2. The third kappa shape index (κ3) is 7.48. The highest BCUT2D eigenvalue weighted by atomic mass is 16.6. The van der Waals surface area contributed by atoms with Gasteiger partial charge in [0, 0.05) is 35.2 Å². The molecule has 2 aromatic rings. The standard InChI is InChI=1S/C27H38N2O5/c1-26(2,3)24(31)29(27(4,5)6)25(32)34-16-15-22(30)19-12-10-13-21(17-19)28-18-20-11-8-9-14-23(20)33-7/h8-14,17,22,28,30H,15-16,18H2,1-7H3. The van der Waals surface area contributed by atoms with E-state index in [1.165, 1.54) is 0 Å². The van der Waals surface area contributed by atoms with Crippen LogP contribution in [0.25, 0.3) is 0 Å². The van der Waals surface area contributed by atoms with Crippen LogP contribution in [0.1, 0.15) is 65.2 Å². The number of methoxy groups -OCH3 is 1. The van der Waals surface area contributed by atoms with Gasteiger partial charge in [0.05, 0.1) is 19.8 Å². The van der Waals surface area contributed by atoms with Gasteiger partial charge in [0.2, 0.25) is 5.91 Å². The highest BCUT2D eigenvalue weighted by Gasteiger charge is 2.39. The van der Waals surface area contributed by atoms with Crippen LogP contribution in [-0.2, 0) is 16.1 Å². The molecule has 0 saturated carbocycles. The van der Waals surface area contributed by atoms with Gasteiger partial charge in [-0.2, -0.15) is 0 Å². The van der Waals surface area contributed by atoms with E-state index in [0.717, 1.165) is 21.9 Å². The van der Waals surface area contributed by atoms with E-state index in [1.807, 2.05) is 48.5 Å². The summed E-state index contributed by atoms with van der Waals surface area (Å²) in [6.45, 7) is 11.2. The minimum absolute atomic E-state index is 0.0110. The molecule has 7 heteroatoms. The maximum absolute atomic E-state index is 12.8. The number of rotatable bonds is 8. The van der Waals surface area contributed by atoms with E-state index in [4.69, 9.17) is 9.47 Å². The third-order valence-corrected chi connectivity index (χ3v) is 5.26. The van der Waals surface area contributed by atoms with Crippen LogP contribution in [0.3, 0.4) is 0 Å². The number of aliphatic hydroxyl groups is 1. The van der Waals surface area contributed by atoms with Crippen LogP contribution in [0.2, 0.25) is 0 Å². The average molecular weight is 471 g/mol. The number of nitrogens with zero attached hydrogens (tertiary/aromatic N) is 1. The first-order chi connectivity index (χ1) is 15.8. The summed E-state index contributed by atoms with van der Waals surface area (Å²) in [4.78, 5) is 26.6. The molecule has 2 aromatic carbocycles. The highest BCUT2D eigenvalue weighted by molar-refractivity contribution is 5.95. The van der Waals surface area contributed by atoms with Gasteiger partial charge in [-0.05, 0) is 44.5 Å². The van der Waals surface area contributed by atoms with Gasteiger partial charge >= 0.3 is 6.09 Å². The second-order valence-electron chi connectivity index (χ2n) is 10.3. The predicted octanol–water partition coefficient (Wildman–Crippen LogP) is 5.54. The minimum atomic E-state index is -0.817. The summed E-state index contributed by atoms with van der Waals surface area (Å²) in [6.07, 6.45) is -1.31. The molecule has 2 rings (SSSR count). The van der Waals surface area contributed by atoms with Crippen molar-refractivity contribution in [3.8, 4) is 5.75 Å². The summed E-state index contributed by atoms with van der Waals surface area (Å²) < 4.78 is 10.8. The van der Waals surface area contributed by atoms with E-state index in [-0.39, 0.29) is 18.9 Å². The summed E-state index contributed by atoms with van der Waals surface area (Å²) in [5.41, 5.74) is 1.15. The maximum Gasteiger partial charge on any atom is 0.417 e. The van der Waals surface area contributed by atoms with Crippen LogP contribution in [0.5, 0.6) is 5.75 Å². The van der Waals surface area contributed by atoms with Crippen molar-refractivity contribution in [3.63, 3.8) is 0 Å². The van der Waals surface area contributed by atoms with Crippen molar-refractivity contribution in [2.24, 2.45) is 5.41 Å². The molecule has 2 N–H and O–H groups in total. The summed E-state index contributed by atoms with van der Waals surface area (Å²) in [5, 5.41) is 14.0. The number of imide groups is 1. The number of hydrogen-bond acceptors (Lipinski definition) is 6. The second kappa shape index (κ2) is 11.4. The van der Waals surface area contributed by atoms with E-state index < -0.39 is 23.2 Å². The Labute approximate surface area is 203 Å². The Morgan fingerprint density at radius 3 is 2.32 bits per heavy atom. The zero-order valence-corrected chi connectivity index (χ0v) is 21.3. The summed E-state index contributed by atoms with van der Waals surface area (Å²) >= 11 is 0. The predicted molar refractivity (Wildman–Crippen MR) is 134 cm³/mol. The lowest BCUT2D eigenvalue weighted by molar-refractivity contribution is -0.141. The van der Waals surface area contributed by atoms with Crippen molar-refractivity contribution < 1.29 is 24.2 Å². The fourth-order valence-electron chi connectivity index (χ4n) is 3.39. The van der Waals surface area contributed by atoms with Crippen LogP contribution in [0.4, 0.5) is 10.5 Å². The van der Waals surface area contributed by atoms with Gasteiger partial charge in [-0.15, -0.1) is 0 Å². The van der Waals surface area contributed by atoms with E-state index in [9.17, 15) is 14.7 Å². The molecule has 0 heterocycles. The van der Waals surface area contributed by atoms with Crippen molar-refractivity contribution in [2.75, 3.05) is 19.0 Å². The number of carbonyl (C=O) groups is 2. The molecule has 0 spiro atoms. The molecule has 7 nitrogen and oxygen atoms in total.